The molecule has 0 aliphatic heterocycles. The van der Waals surface area contributed by atoms with Gasteiger partial charge in [-0.25, -0.2) is 4.98 Å². The average molecular weight is 441 g/mol. The fourth-order valence-electron chi connectivity index (χ4n) is 5.15. The van der Waals surface area contributed by atoms with Crippen LogP contribution in [0.25, 0.3) is 65.7 Å². The lowest BCUT2D eigenvalue weighted by Crippen LogP contribution is -2.14. The molecular weight excluding hydrogens is 422 g/mol. The van der Waals surface area contributed by atoms with E-state index < -0.39 is 0 Å². The van der Waals surface area contributed by atoms with Crippen LogP contribution in [-0.4, -0.2) is 9.38 Å². The van der Waals surface area contributed by atoms with Crippen LogP contribution in [0.3, 0.4) is 0 Å². The van der Waals surface area contributed by atoms with E-state index in [9.17, 15) is 10.1 Å². The van der Waals surface area contributed by atoms with Crippen molar-refractivity contribution in [1.82, 2.24) is 9.38 Å². The SMILES string of the molecule is C.C=C(C)c1cc2c(=O)n3c4ccccc4nc3c3cc(C#N)c4c5ccccc5oc1c4c23. The summed E-state index contributed by atoms with van der Waals surface area (Å²) in [5.41, 5.74) is 5.26. The zero-order valence-electron chi connectivity index (χ0n) is 17.6. The number of pyridine rings is 1. The molecule has 0 N–H and O–H groups in total. The molecule has 0 bridgehead atoms. The lowest BCUT2D eigenvalue weighted by molar-refractivity contribution is 0.661. The van der Waals surface area contributed by atoms with Gasteiger partial charge in [0.05, 0.1) is 22.7 Å². The summed E-state index contributed by atoms with van der Waals surface area (Å²) in [4.78, 5) is 18.6. The van der Waals surface area contributed by atoms with Crippen molar-refractivity contribution in [2.45, 2.75) is 14.4 Å². The Kier molecular flexibility index (Phi) is 3.91. The number of hydrogen-bond acceptors (Lipinski definition) is 4. The number of hydrogen-bond donors (Lipinski definition) is 0. The monoisotopic (exact) mass is 441 g/mol. The second kappa shape index (κ2) is 6.66. The summed E-state index contributed by atoms with van der Waals surface area (Å²) in [5, 5.41) is 14.7. The van der Waals surface area contributed by atoms with Crippen molar-refractivity contribution in [2.24, 2.45) is 0 Å². The molecule has 0 amide bonds. The Hall–Kier alpha value is -4.69. The van der Waals surface area contributed by atoms with Gasteiger partial charge in [0.25, 0.3) is 5.56 Å². The van der Waals surface area contributed by atoms with E-state index in [1.165, 1.54) is 0 Å². The van der Waals surface area contributed by atoms with Crippen LogP contribution in [0.5, 0.6) is 0 Å². The number of fused-ring (bicyclic) bond motifs is 6. The molecule has 4 aromatic carbocycles. The van der Waals surface area contributed by atoms with Crippen LogP contribution >= 0.6 is 0 Å². The fourth-order valence-corrected chi connectivity index (χ4v) is 5.15. The summed E-state index contributed by atoms with van der Waals surface area (Å²) in [7, 11) is 0. The molecular formula is C29H19N3O2. The lowest BCUT2D eigenvalue weighted by atomic mass is 9.90. The van der Waals surface area contributed by atoms with Crippen molar-refractivity contribution >= 4 is 65.7 Å². The predicted molar refractivity (Wildman–Crippen MR) is 139 cm³/mol. The first kappa shape index (κ1) is 20.0. The van der Waals surface area contributed by atoms with E-state index in [2.05, 4.69) is 12.6 Å². The van der Waals surface area contributed by atoms with E-state index >= 15 is 0 Å². The minimum absolute atomic E-state index is 0. The number of aromatic nitrogens is 2. The van der Waals surface area contributed by atoms with Crippen molar-refractivity contribution in [3.63, 3.8) is 0 Å². The van der Waals surface area contributed by atoms with Crippen LogP contribution in [0.4, 0.5) is 0 Å². The third-order valence-electron chi connectivity index (χ3n) is 6.54. The molecule has 5 heteroatoms. The summed E-state index contributed by atoms with van der Waals surface area (Å²) in [6.45, 7) is 6.04. The summed E-state index contributed by atoms with van der Waals surface area (Å²) in [5.74, 6) is 0. The zero-order valence-corrected chi connectivity index (χ0v) is 17.6. The molecule has 3 aromatic heterocycles. The molecule has 0 atom stereocenters. The van der Waals surface area contributed by atoms with Gasteiger partial charge in [-0.1, -0.05) is 44.3 Å². The Balaban J connectivity index is 0.00000217. The largest absolute Gasteiger partial charge is 0.455 e. The molecule has 0 fully saturated rings. The molecule has 0 radical (unpaired) electrons. The molecule has 7 aromatic rings. The normalized spacial score (nSPS) is 11.6. The van der Waals surface area contributed by atoms with E-state index in [4.69, 9.17) is 9.40 Å². The van der Waals surface area contributed by atoms with Gasteiger partial charge in [-0.15, -0.1) is 0 Å². The van der Waals surface area contributed by atoms with Gasteiger partial charge in [0, 0.05) is 37.9 Å². The minimum Gasteiger partial charge on any atom is -0.455 e. The maximum absolute atomic E-state index is 13.9. The van der Waals surface area contributed by atoms with Gasteiger partial charge in [-0.3, -0.25) is 9.20 Å². The van der Waals surface area contributed by atoms with E-state index in [1.54, 1.807) is 4.40 Å². The van der Waals surface area contributed by atoms with E-state index in [-0.39, 0.29) is 13.0 Å². The molecule has 34 heavy (non-hydrogen) atoms. The van der Waals surface area contributed by atoms with E-state index in [0.717, 1.165) is 49.1 Å². The number of para-hydroxylation sites is 3. The van der Waals surface area contributed by atoms with E-state index in [1.807, 2.05) is 67.6 Å². The highest BCUT2D eigenvalue weighted by atomic mass is 16.3. The summed E-state index contributed by atoms with van der Waals surface area (Å²) >= 11 is 0. The molecule has 0 saturated carbocycles. The Labute approximate surface area is 194 Å². The molecule has 3 heterocycles. The summed E-state index contributed by atoms with van der Waals surface area (Å²) in [6, 6.07) is 21.4. The lowest BCUT2D eigenvalue weighted by Gasteiger charge is -2.17. The maximum Gasteiger partial charge on any atom is 0.264 e. The van der Waals surface area contributed by atoms with Crippen LogP contribution in [0.15, 0.2) is 76.5 Å². The molecule has 7 rings (SSSR count). The third-order valence-corrected chi connectivity index (χ3v) is 6.54. The number of benzene rings is 4. The predicted octanol–water partition coefficient (Wildman–Crippen LogP) is 7.03. The van der Waals surface area contributed by atoms with Crippen LogP contribution in [0.2, 0.25) is 0 Å². The molecule has 0 aliphatic rings. The number of allylic oxidation sites excluding steroid dienone is 1. The first-order valence-electron chi connectivity index (χ1n) is 10.6. The Morgan fingerprint density at radius 2 is 1.76 bits per heavy atom. The van der Waals surface area contributed by atoms with Crippen molar-refractivity contribution in [3.8, 4) is 6.07 Å². The second-order valence-corrected chi connectivity index (χ2v) is 8.45. The first-order valence-corrected chi connectivity index (χ1v) is 10.6. The highest BCUT2D eigenvalue weighted by Crippen LogP contribution is 2.43. The minimum atomic E-state index is -0.144. The zero-order chi connectivity index (χ0) is 22.4. The van der Waals surface area contributed by atoms with Crippen molar-refractivity contribution < 1.29 is 4.42 Å². The van der Waals surface area contributed by atoms with E-state index in [0.29, 0.717) is 27.8 Å². The molecule has 5 nitrogen and oxygen atoms in total. The van der Waals surface area contributed by atoms with Crippen LogP contribution in [0.1, 0.15) is 25.5 Å². The molecule has 0 unspecified atom stereocenters. The summed E-state index contributed by atoms with van der Waals surface area (Å²) < 4.78 is 8.04. The smallest absolute Gasteiger partial charge is 0.264 e. The number of nitriles is 1. The molecule has 0 spiro atoms. The second-order valence-electron chi connectivity index (χ2n) is 8.45. The third kappa shape index (κ3) is 2.27. The van der Waals surface area contributed by atoms with Gasteiger partial charge in [-0.05, 0) is 42.8 Å². The highest BCUT2D eigenvalue weighted by molar-refractivity contribution is 6.31. The van der Waals surface area contributed by atoms with Crippen LogP contribution < -0.4 is 5.56 Å². The number of nitrogens with zero attached hydrogens (tertiary/aromatic N) is 3. The van der Waals surface area contributed by atoms with Crippen LogP contribution in [-0.2, 0) is 0 Å². The Morgan fingerprint density at radius 1 is 1.00 bits per heavy atom. The topological polar surface area (TPSA) is 71.3 Å². The summed E-state index contributed by atoms with van der Waals surface area (Å²) in [6.07, 6.45) is 0. The Morgan fingerprint density at radius 3 is 2.56 bits per heavy atom. The van der Waals surface area contributed by atoms with Gasteiger partial charge in [0.15, 0.2) is 0 Å². The Bertz CT molecular complexity index is 2090. The standard InChI is InChI=1S/C28H15N3O2.CH4/c1-14(2)17-12-19-24-18(27-30-20-8-4-5-9-21(20)31(27)28(19)32)11-15(13-29)23-16-7-3-6-10-22(16)33-26(17)25(23)24;/h3-12H,1H2,2H3;1H4. The molecule has 162 valence electrons. The number of imidazole rings is 1. The van der Waals surface area contributed by atoms with Gasteiger partial charge < -0.3 is 4.42 Å². The van der Waals surface area contributed by atoms with Crippen molar-refractivity contribution in [3.05, 3.63) is 88.7 Å². The number of rotatable bonds is 1. The first-order chi connectivity index (χ1) is 16.1. The van der Waals surface area contributed by atoms with Crippen molar-refractivity contribution in [2.75, 3.05) is 0 Å². The van der Waals surface area contributed by atoms with Gasteiger partial charge >= 0.3 is 0 Å². The molecule has 0 aliphatic carbocycles. The van der Waals surface area contributed by atoms with Crippen LogP contribution in [0, 0.1) is 11.3 Å². The quantitative estimate of drug-likeness (QED) is 0.202. The average Bonchev–Trinajstić information content (AvgIpc) is 3.23. The van der Waals surface area contributed by atoms with Crippen molar-refractivity contribution in [1.29, 1.82) is 5.26 Å². The van der Waals surface area contributed by atoms with Gasteiger partial charge in [0.1, 0.15) is 16.8 Å². The van der Waals surface area contributed by atoms with Gasteiger partial charge in [0.2, 0.25) is 0 Å². The highest BCUT2D eigenvalue weighted by Gasteiger charge is 2.24. The maximum atomic E-state index is 13.9. The molecule has 0 saturated heterocycles. The fraction of sp³-hybridized carbons (Fsp3) is 0.0690. The van der Waals surface area contributed by atoms with Gasteiger partial charge in [-0.2, -0.15) is 5.26 Å².